The van der Waals surface area contributed by atoms with Crippen molar-refractivity contribution < 1.29 is 0 Å². The van der Waals surface area contributed by atoms with E-state index in [1.54, 1.807) is 0 Å². The third-order valence-corrected chi connectivity index (χ3v) is 4.15. The maximum absolute atomic E-state index is 4.25. The van der Waals surface area contributed by atoms with Crippen molar-refractivity contribution in [1.82, 2.24) is 4.98 Å². The Hall–Kier alpha value is -2.35. The van der Waals surface area contributed by atoms with E-state index in [1.807, 2.05) is 12.4 Å². The molecule has 2 aromatic carbocycles. The van der Waals surface area contributed by atoms with Gasteiger partial charge in [-0.15, -0.1) is 0 Å². The quantitative estimate of drug-likeness (QED) is 0.741. The van der Waals surface area contributed by atoms with Gasteiger partial charge in [0, 0.05) is 23.5 Å². The van der Waals surface area contributed by atoms with E-state index < -0.39 is 0 Å². The Bertz CT molecular complexity index is 759. The van der Waals surface area contributed by atoms with Gasteiger partial charge in [0.15, 0.2) is 0 Å². The van der Waals surface area contributed by atoms with Crippen LogP contribution in [0, 0.1) is 0 Å². The highest BCUT2D eigenvalue weighted by Gasteiger charge is 2.21. The average molecular weight is 260 g/mol. The minimum absolute atomic E-state index is 0.414. The van der Waals surface area contributed by atoms with Gasteiger partial charge in [-0.2, -0.15) is 0 Å². The summed E-state index contributed by atoms with van der Waals surface area (Å²) in [5.74, 6) is 0. The summed E-state index contributed by atoms with van der Waals surface area (Å²) in [6.45, 7) is 0. The molecule has 0 saturated heterocycles. The highest BCUT2D eigenvalue weighted by atomic mass is 14.9. The molecule has 1 atom stereocenters. The molecule has 3 aromatic rings. The molecule has 1 N–H and O–H groups in total. The van der Waals surface area contributed by atoms with E-state index in [0.717, 1.165) is 12.8 Å². The molecule has 2 nitrogen and oxygen atoms in total. The van der Waals surface area contributed by atoms with Gasteiger partial charge in [0.2, 0.25) is 0 Å². The van der Waals surface area contributed by atoms with Crippen LogP contribution in [0.25, 0.3) is 10.8 Å². The van der Waals surface area contributed by atoms with Crippen LogP contribution in [0.4, 0.5) is 5.69 Å². The molecule has 0 saturated carbocycles. The van der Waals surface area contributed by atoms with Crippen LogP contribution in [-0.4, -0.2) is 4.98 Å². The lowest BCUT2D eigenvalue weighted by Gasteiger charge is -2.17. The fourth-order valence-corrected chi connectivity index (χ4v) is 3.13. The predicted octanol–water partition coefficient (Wildman–Crippen LogP) is 4.33. The number of aryl methyl sites for hydroxylation is 1. The number of pyridine rings is 1. The van der Waals surface area contributed by atoms with Crippen molar-refractivity contribution in [3.05, 3.63) is 72.1 Å². The first kappa shape index (κ1) is 11.5. The van der Waals surface area contributed by atoms with Gasteiger partial charge in [-0.25, -0.2) is 0 Å². The second kappa shape index (κ2) is 4.64. The Morgan fingerprint density at radius 3 is 2.95 bits per heavy atom. The van der Waals surface area contributed by atoms with E-state index >= 15 is 0 Å². The van der Waals surface area contributed by atoms with E-state index in [4.69, 9.17) is 0 Å². The predicted molar refractivity (Wildman–Crippen MR) is 82.9 cm³/mol. The number of nitrogens with one attached hydrogen (secondary N) is 1. The van der Waals surface area contributed by atoms with Crippen LogP contribution in [0.1, 0.15) is 23.6 Å². The summed E-state index contributed by atoms with van der Waals surface area (Å²) in [6.07, 6.45) is 6.11. The molecular formula is C18H16N2. The third kappa shape index (κ3) is 1.85. The van der Waals surface area contributed by atoms with E-state index in [-0.39, 0.29) is 0 Å². The van der Waals surface area contributed by atoms with Gasteiger partial charge in [-0.05, 0) is 41.5 Å². The summed E-state index contributed by atoms with van der Waals surface area (Å²) in [6, 6.07) is 17.6. The van der Waals surface area contributed by atoms with Crippen LogP contribution in [0.5, 0.6) is 0 Å². The highest BCUT2D eigenvalue weighted by Crippen LogP contribution is 2.35. The molecule has 1 aliphatic rings. The number of aromatic nitrogens is 1. The maximum atomic E-state index is 4.25. The average Bonchev–Trinajstić information content (AvgIpc) is 2.91. The topological polar surface area (TPSA) is 24.9 Å². The summed E-state index contributed by atoms with van der Waals surface area (Å²) in [5, 5.41) is 6.13. The minimum Gasteiger partial charge on any atom is -0.378 e. The molecule has 0 aliphatic heterocycles. The zero-order valence-electron chi connectivity index (χ0n) is 11.2. The first-order valence-corrected chi connectivity index (χ1v) is 7.09. The molecule has 20 heavy (non-hydrogen) atoms. The fourth-order valence-electron chi connectivity index (χ4n) is 3.13. The maximum Gasteiger partial charge on any atom is 0.0519 e. The standard InChI is InChI=1S/C18H16N2/c1-2-6-15-13(4-1)8-9-18(15)20-17-7-3-5-14-10-11-19-12-16(14)17/h1-7,10-12,18,20H,8-9H2. The molecule has 0 fully saturated rings. The number of hydrogen-bond donors (Lipinski definition) is 1. The van der Waals surface area contributed by atoms with Crippen LogP contribution in [-0.2, 0) is 6.42 Å². The SMILES string of the molecule is c1ccc2c(c1)CCC2Nc1cccc2ccncc12. The van der Waals surface area contributed by atoms with Crippen molar-refractivity contribution in [3.63, 3.8) is 0 Å². The molecule has 4 rings (SSSR count). The second-order valence-corrected chi connectivity index (χ2v) is 5.34. The van der Waals surface area contributed by atoms with E-state index in [2.05, 4.69) is 58.8 Å². The number of anilines is 1. The van der Waals surface area contributed by atoms with Crippen molar-refractivity contribution in [2.45, 2.75) is 18.9 Å². The summed E-state index contributed by atoms with van der Waals surface area (Å²) in [7, 11) is 0. The van der Waals surface area contributed by atoms with Crippen LogP contribution >= 0.6 is 0 Å². The van der Waals surface area contributed by atoms with Gasteiger partial charge in [-0.1, -0.05) is 36.4 Å². The van der Waals surface area contributed by atoms with Gasteiger partial charge in [-0.3, -0.25) is 4.98 Å². The highest BCUT2D eigenvalue weighted by molar-refractivity contribution is 5.93. The molecule has 1 aromatic heterocycles. The molecular weight excluding hydrogens is 244 g/mol. The second-order valence-electron chi connectivity index (χ2n) is 5.34. The van der Waals surface area contributed by atoms with Crippen LogP contribution in [0.3, 0.4) is 0 Å². The van der Waals surface area contributed by atoms with Gasteiger partial charge >= 0.3 is 0 Å². The Morgan fingerprint density at radius 2 is 1.95 bits per heavy atom. The molecule has 0 spiro atoms. The molecule has 1 unspecified atom stereocenters. The first-order chi connectivity index (χ1) is 9.92. The number of rotatable bonds is 2. The zero-order chi connectivity index (χ0) is 13.4. The van der Waals surface area contributed by atoms with Gasteiger partial charge in [0.05, 0.1) is 6.04 Å². The number of benzene rings is 2. The van der Waals surface area contributed by atoms with Crippen molar-refractivity contribution in [2.75, 3.05) is 5.32 Å². The van der Waals surface area contributed by atoms with E-state index in [1.165, 1.54) is 27.6 Å². The number of nitrogens with zero attached hydrogens (tertiary/aromatic N) is 1. The van der Waals surface area contributed by atoms with Crippen molar-refractivity contribution in [2.24, 2.45) is 0 Å². The Morgan fingerprint density at radius 1 is 1.00 bits per heavy atom. The Kier molecular flexibility index (Phi) is 2.66. The van der Waals surface area contributed by atoms with Crippen molar-refractivity contribution in [3.8, 4) is 0 Å². The zero-order valence-corrected chi connectivity index (χ0v) is 11.2. The lowest BCUT2D eigenvalue weighted by Crippen LogP contribution is -2.07. The van der Waals surface area contributed by atoms with Gasteiger partial charge in [0.25, 0.3) is 0 Å². The van der Waals surface area contributed by atoms with Crippen LogP contribution in [0.2, 0.25) is 0 Å². The van der Waals surface area contributed by atoms with Crippen LogP contribution in [0.15, 0.2) is 60.9 Å². The lowest BCUT2D eigenvalue weighted by atomic mass is 10.1. The van der Waals surface area contributed by atoms with Gasteiger partial charge in [0.1, 0.15) is 0 Å². The lowest BCUT2D eigenvalue weighted by molar-refractivity contribution is 0.763. The third-order valence-electron chi connectivity index (χ3n) is 4.15. The fraction of sp³-hybridized carbons (Fsp3) is 0.167. The Labute approximate surface area is 118 Å². The van der Waals surface area contributed by atoms with Crippen LogP contribution < -0.4 is 5.32 Å². The number of hydrogen-bond acceptors (Lipinski definition) is 2. The summed E-state index contributed by atoms with van der Waals surface area (Å²) < 4.78 is 0. The monoisotopic (exact) mass is 260 g/mol. The van der Waals surface area contributed by atoms with E-state index in [9.17, 15) is 0 Å². The molecule has 0 radical (unpaired) electrons. The summed E-state index contributed by atoms with van der Waals surface area (Å²) in [4.78, 5) is 4.25. The smallest absolute Gasteiger partial charge is 0.0519 e. The molecule has 1 heterocycles. The summed E-state index contributed by atoms with van der Waals surface area (Å²) >= 11 is 0. The van der Waals surface area contributed by atoms with Crippen molar-refractivity contribution in [1.29, 1.82) is 0 Å². The molecule has 0 amide bonds. The van der Waals surface area contributed by atoms with E-state index in [0.29, 0.717) is 6.04 Å². The molecule has 98 valence electrons. The van der Waals surface area contributed by atoms with Gasteiger partial charge < -0.3 is 5.32 Å². The molecule has 2 heteroatoms. The molecule has 1 aliphatic carbocycles. The number of fused-ring (bicyclic) bond motifs is 2. The molecule has 0 bridgehead atoms. The first-order valence-electron chi connectivity index (χ1n) is 7.09. The minimum atomic E-state index is 0.414. The largest absolute Gasteiger partial charge is 0.378 e. The van der Waals surface area contributed by atoms with Crippen molar-refractivity contribution >= 4 is 16.5 Å². The summed E-state index contributed by atoms with van der Waals surface area (Å²) in [5.41, 5.74) is 4.09. The normalized spacial score (nSPS) is 17.1. The Balaban J connectivity index is 1.73.